The number of hydrogen-bond donors (Lipinski definition) is 1. The SMILES string of the molecule is COc1cccc(C(=O)/C=C\Nc2ccc(Cl)cn2)c1. The van der Waals surface area contributed by atoms with E-state index in [9.17, 15) is 4.79 Å². The number of carbonyl (C=O) groups is 1. The van der Waals surface area contributed by atoms with E-state index in [1.54, 1.807) is 43.5 Å². The van der Waals surface area contributed by atoms with Crippen LogP contribution in [0.5, 0.6) is 5.75 Å². The first-order chi connectivity index (χ1) is 9.69. The first-order valence-corrected chi connectivity index (χ1v) is 6.30. The minimum atomic E-state index is -0.120. The number of ketones is 1. The standard InChI is InChI=1S/C15H13ClN2O2/c1-20-13-4-2-3-11(9-13)14(19)7-8-17-15-6-5-12(16)10-18-15/h2-10H,1H3,(H,17,18)/b8-7-. The second kappa shape index (κ2) is 6.73. The van der Waals surface area contributed by atoms with Gasteiger partial charge in [-0.25, -0.2) is 4.98 Å². The lowest BCUT2D eigenvalue weighted by Gasteiger charge is -2.01. The van der Waals surface area contributed by atoms with E-state index in [-0.39, 0.29) is 5.78 Å². The normalized spacial score (nSPS) is 10.5. The maximum atomic E-state index is 11.9. The highest BCUT2D eigenvalue weighted by Gasteiger charge is 2.02. The third kappa shape index (κ3) is 3.83. The zero-order chi connectivity index (χ0) is 14.4. The lowest BCUT2D eigenvalue weighted by molar-refractivity contribution is 0.104. The molecule has 102 valence electrons. The molecule has 0 saturated carbocycles. The van der Waals surface area contributed by atoms with Gasteiger partial charge in [-0.05, 0) is 24.3 Å². The van der Waals surface area contributed by atoms with Crippen LogP contribution in [0.25, 0.3) is 0 Å². The Bertz CT molecular complexity index is 624. The predicted octanol–water partition coefficient (Wildman–Crippen LogP) is 3.55. The lowest BCUT2D eigenvalue weighted by atomic mass is 10.1. The largest absolute Gasteiger partial charge is 0.497 e. The summed E-state index contributed by atoms with van der Waals surface area (Å²) in [7, 11) is 1.56. The highest BCUT2D eigenvalue weighted by atomic mass is 35.5. The van der Waals surface area contributed by atoms with Crippen LogP contribution >= 0.6 is 11.6 Å². The Morgan fingerprint density at radius 2 is 2.20 bits per heavy atom. The summed E-state index contributed by atoms with van der Waals surface area (Å²) in [4.78, 5) is 16.0. The number of anilines is 1. The number of methoxy groups -OCH3 is 1. The Morgan fingerprint density at radius 3 is 2.90 bits per heavy atom. The molecule has 1 aromatic carbocycles. The second-order valence-electron chi connectivity index (χ2n) is 3.94. The molecule has 4 nitrogen and oxygen atoms in total. The van der Waals surface area contributed by atoms with Crippen molar-refractivity contribution in [3.05, 3.63) is 65.5 Å². The quantitative estimate of drug-likeness (QED) is 0.675. The zero-order valence-corrected chi connectivity index (χ0v) is 11.6. The molecule has 0 saturated heterocycles. The second-order valence-corrected chi connectivity index (χ2v) is 4.37. The van der Waals surface area contributed by atoms with Gasteiger partial charge < -0.3 is 10.1 Å². The van der Waals surface area contributed by atoms with Crippen LogP contribution in [0.2, 0.25) is 5.02 Å². The number of rotatable bonds is 5. The summed E-state index contributed by atoms with van der Waals surface area (Å²) in [6.45, 7) is 0. The van der Waals surface area contributed by atoms with Crippen molar-refractivity contribution in [2.24, 2.45) is 0 Å². The maximum Gasteiger partial charge on any atom is 0.187 e. The molecule has 0 radical (unpaired) electrons. The van der Waals surface area contributed by atoms with Crippen molar-refractivity contribution in [2.75, 3.05) is 12.4 Å². The van der Waals surface area contributed by atoms with Gasteiger partial charge in [-0.2, -0.15) is 0 Å². The van der Waals surface area contributed by atoms with Gasteiger partial charge >= 0.3 is 0 Å². The minimum absolute atomic E-state index is 0.120. The summed E-state index contributed by atoms with van der Waals surface area (Å²) < 4.78 is 5.08. The number of allylic oxidation sites excluding steroid dienone is 1. The third-order valence-electron chi connectivity index (χ3n) is 2.55. The average Bonchev–Trinajstić information content (AvgIpc) is 2.49. The van der Waals surface area contributed by atoms with Gasteiger partial charge in [0.05, 0.1) is 12.1 Å². The van der Waals surface area contributed by atoms with Crippen molar-refractivity contribution in [3.63, 3.8) is 0 Å². The molecule has 2 aromatic rings. The van der Waals surface area contributed by atoms with E-state index >= 15 is 0 Å². The molecule has 0 aliphatic carbocycles. The van der Waals surface area contributed by atoms with Crippen LogP contribution in [0.3, 0.4) is 0 Å². The van der Waals surface area contributed by atoms with Crippen LogP contribution in [-0.2, 0) is 0 Å². The van der Waals surface area contributed by atoms with Gasteiger partial charge in [0.15, 0.2) is 5.78 Å². The molecule has 0 aliphatic rings. The molecule has 1 heterocycles. The smallest absolute Gasteiger partial charge is 0.187 e. The van der Waals surface area contributed by atoms with Crippen LogP contribution in [-0.4, -0.2) is 17.9 Å². The van der Waals surface area contributed by atoms with E-state index in [2.05, 4.69) is 10.3 Å². The Kier molecular flexibility index (Phi) is 4.74. The number of nitrogens with one attached hydrogen (secondary N) is 1. The molecular formula is C15H13ClN2O2. The third-order valence-corrected chi connectivity index (χ3v) is 2.77. The van der Waals surface area contributed by atoms with E-state index in [1.165, 1.54) is 18.5 Å². The Hall–Kier alpha value is -2.33. The molecule has 20 heavy (non-hydrogen) atoms. The minimum Gasteiger partial charge on any atom is -0.497 e. The van der Waals surface area contributed by atoms with Gasteiger partial charge in [0.1, 0.15) is 11.6 Å². The average molecular weight is 289 g/mol. The van der Waals surface area contributed by atoms with Crippen molar-refractivity contribution in [2.45, 2.75) is 0 Å². The fourth-order valence-corrected chi connectivity index (χ4v) is 1.65. The van der Waals surface area contributed by atoms with Crippen LogP contribution in [0.4, 0.5) is 5.82 Å². The Balaban J connectivity index is 2.00. The molecular weight excluding hydrogens is 276 g/mol. The molecule has 0 unspecified atom stereocenters. The molecule has 0 atom stereocenters. The van der Waals surface area contributed by atoms with Crippen molar-refractivity contribution >= 4 is 23.2 Å². The summed E-state index contributed by atoms with van der Waals surface area (Å²) in [5.41, 5.74) is 0.562. The number of hydrogen-bond acceptors (Lipinski definition) is 4. The number of ether oxygens (including phenoxy) is 1. The van der Waals surface area contributed by atoms with Gasteiger partial charge in [0.2, 0.25) is 0 Å². The first-order valence-electron chi connectivity index (χ1n) is 5.92. The van der Waals surface area contributed by atoms with Crippen LogP contribution < -0.4 is 10.1 Å². The molecule has 1 N–H and O–H groups in total. The maximum absolute atomic E-state index is 11.9. The van der Waals surface area contributed by atoms with Gasteiger partial charge in [-0.15, -0.1) is 0 Å². The van der Waals surface area contributed by atoms with Crippen LogP contribution in [0.15, 0.2) is 54.9 Å². The number of nitrogens with zero attached hydrogens (tertiary/aromatic N) is 1. The van der Waals surface area contributed by atoms with E-state index in [4.69, 9.17) is 16.3 Å². The first kappa shape index (κ1) is 14.1. The topological polar surface area (TPSA) is 51.2 Å². The number of pyridine rings is 1. The molecule has 0 amide bonds. The summed E-state index contributed by atoms with van der Waals surface area (Å²) in [6.07, 6.45) is 4.50. The fraction of sp³-hybridized carbons (Fsp3) is 0.0667. The lowest BCUT2D eigenvalue weighted by Crippen LogP contribution is -1.97. The van der Waals surface area contributed by atoms with Crippen LogP contribution in [0, 0.1) is 0 Å². The zero-order valence-electron chi connectivity index (χ0n) is 10.8. The van der Waals surface area contributed by atoms with Crippen LogP contribution in [0.1, 0.15) is 10.4 Å². The number of benzene rings is 1. The highest BCUT2D eigenvalue weighted by molar-refractivity contribution is 6.30. The van der Waals surface area contributed by atoms with Crippen molar-refractivity contribution in [3.8, 4) is 5.75 Å². The van der Waals surface area contributed by atoms with Crippen molar-refractivity contribution in [1.82, 2.24) is 4.98 Å². The molecule has 1 aromatic heterocycles. The molecule has 5 heteroatoms. The molecule has 0 fully saturated rings. The van der Waals surface area contributed by atoms with E-state index in [0.29, 0.717) is 22.2 Å². The Labute approximate surface area is 122 Å². The summed E-state index contributed by atoms with van der Waals surface area (Å²) >= 11 is 5.73. The van der Waals surface area contributed by atoms with Gasteiger partial charge in [0, 0.05) is 24.0 Å². The predicted molar refractivity (Wildman–Crippen MR) is 79.3 cm³/mol. The summed E-state index contributed by atoms with van der Waals surface area (Å²) in [5.74, 6) is 1.14. The van der Waals surface area contributed by atoms with Crippen molar-refractivity contribution < 1.29 is 9.53 Å². The number of carbonyl (C=O) groups excluding carboxylic acids is 1. The number of halogens is 1. The molecule has 0 aliphatic heterocycles. The summed E-state index contributed by atoms with van der Waals surface area (Å²) in [5, 5.41) is 3.46. The van der Waals surface area contributed by atoms with E-state index < -0.39 is 0 Å². The van der Waals surface area contributed by atoms with Gasteiger partial charge in [-0.1, -0.05) is 23.7 Å². The highest BCUT2D eigenvalue weighted by Crippen LogP contribution is 2.13. The van der Waals surface area contributed by atoms with E-state index in [0.717, 1.165) is 0 Å². The molecule has 2 rings (SSSR count). The van der Waals surface area contributed by atoms with Crippen molar-refractivity contribution in [1.29, 1.82) is 0 Å². The fourth-order valence-electron chi connectivity index (χ4n) is 1.54. The van der Waals surface area contributed by atoms with E-state index in [1.807, 2.05) is 0 Å². The molecule has 0 bridgehead atoms. The van der Waals surface area contributed by atoms with Gasteiger partial charge in [0.25, 0.3) is 0 Å². The number of aromatic nitrogens is 1. The van der Waals surface area contributed by atoms with Gasteiger partial charge in [-0.3, -0.25) is 4.79 Å². The summed E-state index contributed by atoms with van der Waals surface area (Å²) in [6, 6.07) is 10.4. The Morgan fingerprint density at radius 1 is 1.35 bits per heavy atom. The molecule has 0 spiro atoms. The monoisotopic (exact) mass is 288 g/mol.